The molecule has 2 N–H and O–H groups in total. The Morgan fingerprint density at radius 2 is 1.79 bits per heavy atom. The summed E-state index contributed by atoms with van der Waals surface area (Å²) in [6.07, 6.45) is 0.293. The van der Waals surface area contributed by atoms with Crippen molar-refractivity contribution in [3.63, 3.8) is 0 Å². The van der Waals surface area contributed by atoms with Crippen LogP contribution in [0.5, 0.6) is 5.75 Å². The number of benzene rings is 2. The second kappa shape index (κ2) is 12.6. The average Bonchev–Trinajstić information content (AvgIpc) is 3.43. The number of anilines is 1. The van der Waals surface area contributed by atoms with Crippen LogP contribution in [-0.2, 0) is 6.42 Å². The van der Waals surface area contributed by atoms with Gasteiger partial charge >= 0.3 is 6.36 Å². The number of amides is 1. The first kappa shape index (κ1) is 27.2. The second-order valence-electron chi connectivity index (χ2n) is 8.37. The number of aromatic nitrogens is 5. The maximum Gasteiger partial charge on any atom is 0.573 e. The van der Waals surface area contributed by atoms with Crippen molar-refractivity contribution in [3.05, 3.63) is 101 Å². The van der Waals surface area contributed by atoms with E-state index in [2.05, 4.69) is 35.7 Å². The minimum absolute atomic E-state index is 0.0995. The number of carbonyl (C=O) groups is 1. The third kappa shape index (κ3) is 8.32. The standard InChI is InChI=1S/C27H24F3N7O2/c1-18(20-11-13-22(14-12-20)39-27(28,29)30)17-24(23-6-2-3-15-31-23)32-16-4-5-19-7-9-21(10-8-19)25(38)33-26-34-36-37-35-26/h2-3,6-15,17H,4-5,16H2,1H3,(H2,33,34,35,36,37,38)/b18-17+,32-24?. The van der Waals surface area contributed by atoms with E-state index >= 15 is 0 Å². The molecule has 2 heterocycles. The summed E-state index contributed by atoms with van der Waals surface area (Å²) >= 11 is 0. The number of hydrogen-bond donors (Lipinski definition) is 2. The van der Waals surface area contributed by atoms with Crippen LogP contribution < -0.4 is 10.1 Å². The summed E-state index contributed by atoms with van der Waals surface area (Å²) in [4.78, 5) is 21.4. The third-order valence-corrected chi connectivity index (χ3v) is 5.52. The van der Waals surface area contributed by atoms with Gasteiger partial charge in [-0.05, 0) is 84.2 Å². The number of allylic oxidation sites excluding steroid dienone is 2. The van der Waals surface area contributed by atoms with Crippen LogP contribution >= 0.6 is 0 Å². The van der Waals surface area contributed by atoms with E-state index in [1.165, 1.54) is 12.1 Å². The number of aromatic amines is 1. The van der Waals surface area contributed by atoms with Crippen molar-refractivity contribution in [2.45, 2.75) is 26.1 Å². The van der Waals surface area contributed by atoms with Crippen molar-refractivity contribution < 1.29 is 22.7 Å². The predicted octanol–water partition coefficient (Wildman–Crippen LogP) is 5.27. The number of tetrazole rings is 1. The number of nitrogens with zero attached hydrogens (tertiary/aromatic N) is 5. The van der Waals surface area contributed by atoms with Gasteiger partial charge in [0, 0.05) is 18.3 Å². The number of ether oxygens (including phenoxy) is 1. The summed E-state index contributed by atoms with van der Waals surface area (Å²) in [5.41, 5.74) is 4.42. The summed E-state index contributed by atoms with van der Waals surface area (Å²) < 4.78 is 41.3. The van der Waals surface area contributed by atoms with Crippen molar-refractivity contribution in [3.8, 4) is 5.75 Å². The van der Waals surface area contributed by atoms with E-state index in [1.54, 1.807) is 30.5 Å². The molecule has 0 unspecified atom stereocenters. The molecule has 4 rings (SSSR count). The van der Waals surface area contributed by atoms with Gasteiger partial charge < -0.3 is 4.74 Å². The van der Waals surface area contributed by atoms with Gasteiger partial charge in [0.1, 0.15) is 5.75 Å². The molecule has 0 bridgehead atoms. The van der Waals surface area contributed by atoms with E-state index in [-0.39, 0.29) is 17.6 Å². The molecule has 9 nitrogen and oxygen atoms in total. The van der Waals surface area contributed by atoms with E-state index in [9.17, 15) is 18.0 Å². The van der Waals surface area contributed by atoms with Crippen molar-refractivity contribution in [1.82, 2.24) is 25.6 Å². The first-order chi connectivity index (χ1) is 18.8. The second-order valence-corrected chi connectivity index (χ2v) is 8.37. The Hall–Kier alpha value is -4.87. The molecule has 0 saturated heterocycles. The molecule has 0 fully saturated rings. The minimum atomic E-state index is -4.74. The number of aryl methyl sites for hydroxylation is 1. The Morgan fingerprint density at radius 1 is 1.05 bits per heavy atom. The third-order valence-electron chi connectivity index (χ3n) is 5.52. The van der Waals surface area contributed by atoms with Crippen LogP contribution in [0.25, 0.3) is 5.57 Å². The summed E-state index contributed by atoms with van der Waals surface area (Å²) in [5.74, 6) is -0.516. The number of carbonyl (C=O) groups excluding carboxylic acids is 1. The SMILES string of the molecule is C/C(=C\C(=NCCCc1ccc(C(=O)Nc2nn[nH]n2)cc1)c1ccccn1)c1ccc(OC(F)(F)F)cc1. The number of hydrogen-bond acceptors (Lipinski definition) is 7. The molecule has 1 amide bonds. The number of aliphatic imine (C=N–C) groups is 1. The van der Waals surface area contributed by atoms with Gasteiger partial charge in [0.05, 0.1) is 11.4 Å². The van der Waals surface area contributed by atoms with Gasteiger partial charge in [-0.25, -0.2) is 0 Å². The number of pyridine rings is 1. The van der Waals surface area contributed by atoms with E-state index in [1.807, 2.05) is 43.3 Å². The van der Waals surface area contributed by atoms with Gasteiger partial charge in [0.25, 0.3) is 11.9 Å². The Bertz CT molecular complexity index is 1420. The lowest BCUT2D eigenvalue weighted by molar-refractivity contribution is -0.274. The van der Waals surface area contributed by atoms with Crippen LogP contribution in [0.2, 0.25) is 0 Å². The van der Waals surface area contributed by atoms with Crippen LogP contribution in [0.3, 0.4) is 0 Å². The van der Waals surface area contributed by atoms with Crippen molar-refractivity contribution in [2.24, 2.45) is 4.99 Å². The molecular weight excluding hydrogens is 511 g/mol. The van der Waals surface area contributed by atoms with Crippen LogP contribution in [0.1, 0.15) is 40.5 Å². The van der Waals surface area contributed by atoms with Crippen molar-refractivity contribution >= 4 is 23.1 Å². The smallest absolute Gasteiger partial charge is 0.406 e. The zero-order valence-corrected chi connectivity index (χ0v) is 20.8. The topological polar surface area (TPSA) is 118 Å². The lowest BCUT2D eigenvalue weighted by atomic mass is 10.0. The maximum absolute atomic E-state index is 12.4. The molecule has 0 atom stereocenters. The predicted molar refractivity (Wildman–Crippen MR) is 139 cm³/mol. The number of alkyl halides is 3. The largest absolute Gasteiger partial charge is 0.573 e. The number of H-pyrrole nitrogens is 1. The minimum Gasteiger partial charge on any atom is -0.406 e. The summed E-state index contributed by atoms with van der Waals surface area (Å²) in [6.45, 7) is 2.38. The van der Waals surface area contributed by atoms with Crippen LogP contribution in [0.4, 0.5) is 19.1 Å². The lowest BCUT2D eigenvalue weighted by Gasteiger charge is -2.10. The fourth-order valence-corrected chi connectivity index (χ4v) is 3.62. The van der Waals surface area contributed by atoms with Gasteiger partial charge in [-0.3, -0.25) is 20.1 Å². The Morgan fingerprint density at radius 3 is 2.44 bits per heavy atom. The molecule has 0 aliphatic carbocycles. The van der Waals surface area contributed by atoms with Gasteiger partial charge in [0.2, 0.25) is 0 Å². The zero-order valence-electron chi connectivity index (χ0n) is 20.8. The highest BCUT2D eigenvalue weighted by Gasteiger charge is 2.30. The zero-order chi connectivity index (χ0) is 27.7. The molecule has 0 aliphatic rings. The first-order valence-electron chi connectivity index (χ1n) is 11.9. The monoisotopic (exact) mass is 535 g/mol. The van der Waals surface area contributed by atoms with E-state index in [0.29, 0.717) is 23.5 Å². The quantitative estimate of drug-likeness (QED) is 0.211. The molecule has 200 valence electrons. The molecule has 12 heteroatoms. The molecule has 0 spiro atoms. The van der Waals surface area contributed by atoms with E-state index in [4.69, 9.17) is 4.99 Å². The first-order valence-corrected chi connectivity index (χ1v) is 11.9. The molecule has 4 aromatic rings. The van der Waals surface area contributed by atoms with Crippen LogP contribution in [0.15, 0.2) is 84.0 Å². The molecule has 2 aromatic carbocycles. The highest BCUT2D eigenvalue weighted by molar-refractivity contribution is 6.11. The van der Waals surface area contributed by atoms with E-state index in [0.717, 1.165) is 29.5 Å². The summed E-state index contributed by atoms with van der Waals surface area (Å²) in [6, 6.07) is 18.4. The lowest BCUT2D eigenvalue weighted by Crippen LogP contribution is -2.16. The normalized spacial score (nSPS) is 12.3. The van der Waals surface area contributed by atoms with Gasteiger partial charge in [0.15, 0.2) is 0 Å². The van der Waals surface area contributed by atoms with Crippen molar-refractivity contribution in [2.75, 3.05) is 11.9 Å². The van der Waals surface area contributed by atoms with Crippen molar-refractivity contribution in [1.29, 1.82) is 0 Å². The van der Waals surface area contributed by atoms with Gasteiger partial charge in [-0.2, -0.15) is 5.21 Å². The van der Waals surface area contributed by atoms with Gasteiger partial charge in [-0.1, -0.05) is 35.4 Å². The molecule has 39 heavy (non-hydrogen) atoms. The molecule has 0 aliphatic heterocycles. The van der Waals surface area contributed by atoms with Crippen LogP contribution in [0, 0.1) is 0 Å². The molecule has 0 saturated carbocycles. The fourth-order valence-electron chi connectivity index (χ4n) is 3.62. The number of nitrogens with one attached hydrogen (secondary N) is 2. The highest BCUT2D eigenvalue weighted by Crippen LogP contribution is 2.25. The number of halogens is 3. The van der Waals surface area contributed by atoms with Crippen LogP contribution in [-0.4, -0.2) is 50.1 Å². The summed E-state index contributed by atoms with van der Waals surface area (Å²) in [7, 11) is 0. The Kier molecular flexibility index (Phi) is 8.77. The van der Waals surface area contributed by atoms with Gasteiger partial charge in [-0.15, -0.1) is 18.3 Å². The highest BCUT2D eigenvalue weighted by atomic mass is 19.4. The van der Waals surface area contributed by atoms with E-state index < -0.39 is 6.36 Å². The molecule has 2 aromatic heterocycles. The Labute approximate surface area is 221 Å². The Balaban J connectivity index is 1.39. The molecular formula is C27H24F3N7O2. The average molecular weight is 536 g/mol. The maximum atomic E-state index is 12.4. The number of rotatable bonds is 10. The molecule has 0 radical (unpaired) electrons. The fraction of sp³-hybridized carbons (Fsp3) is 0.185. The summed E-state index contributed by atoms with van der Waals surface area (Å²) in [5, 5.41) is 15.6.